The molecule has 0 spiro atoms. The van der Waals surface area contributed by atoms with E-state index in [2.05, 4.69) is 10.2 Å². The summed E-state index contributed by atoms with van der Waals surface area (Å²) in [5.74, 6) is 0.228. The van der Waals surface area contributed by atoms with E-state index in [9.17, 15) is 4.79 Å². The van der Waals surface area contributed by atoms with E-state index in [-0.39, 0.29) is 5.91 Å². The molecule has 2 saturated heterocycles. The van der Waals surface area contributed by atoms with Gasteiger partial charge in [0, 0.05) is 39.6 Å². The van der Waals surface area contributed by atoms with Gasteiger partial charge in [-0.2, -0.15) is 0 Å². The van der Waals surface area contributed by atoms with E-state index in [1.807, 2.05) is 4.90 Å². The van der Waals surface area contributed by atoms with Gasteiger partial charge in [-0.15, -0.1) is 0 Å². The predicted molar refractivity (Wildman–Crippen MR) is 54.9 cm³/mol. The first-order valence-electron chi connectivity index (χ1n) is 5.51. The highest BCUT2D eigenvalue weighted by Crippen LogP contribution is 2.20. The van der Waals surface area contributed by atoms with Crippen molar-refractivity contribution in [3.8, 4) is 0 Å². The Morgan fingerprint density at radius 1 is 1.29 bits per heavy atom. The second-order valence-electron chi connectivity index (χ2n) is 4.12. The number of amides is 1. The second-order valence-corrected chi connectivity index (χ2v) is 4.12. The summed E-state index contributed by atoms with van der Waals surface area (Å²) in [5, 5.41) is 3.34. The maximum atomic E-state index is 11.4. The van der Waals surface area contributed by atoms with E-state index >= 15 is 0 Å². The van der Waals surface area contributed by atoms with Crippen LogP contribution in [0.1, 0.15) is 19.8 Å². The first kappa shape index (κ1) is 9.93. The summed E-state index contributed by atoms with van der Waals surface area (Å²) < 4.78 is 0. The second kappa shape index (κ2) is 4.28. The van der Waals surface area contributed by atoms with Gasteiger partial charge in [-0.3, -0.25) is 9.69 Å². The zero-order valence-corrected chi connectivity index (χ0v) is 8.83. The summed E-state index contributed by atoms with van der Waals surface area (Å²) in [7, 11) is 0. The zero-order chi connectivity index (χ0) is 9.97. The number of rotatable bonds is 1. The van der Waals surface area contributed by atoms with Crippen LogP contribution in [0, 0.1) is 0 Å². The highest BCUT2D eigenvalue weighted by atomic mass is 16.2. The summed E-state index contributed by atoms with van der Waals surface area (Å²) in [5.41, 5.74) is 0. The molecule has 2 rings (SSSR count). The van der Waals surface area contributed by atoms with Gasteiger partial charge in [0.15, 0.2) is 0 Å². The van der Waals surface area contributed by atoms with E-state index in [1.54, 1.807) is 6.92 Å². The van der Waals surface area contributed by atoms with Crippen molar-refractivity contribution >= 4 is 5.91 Å². The Balaban J connectivity index is 1.97. The Kier molecular flexibility index (Phi) is 3.03. The quantitative estimate of drug-likeness (QED) is 0.635. The fourth-order valence-electron chi connectivity index (χ4n) is 2.48. The monoisotopic (exact) mass is 197 g/mol. The van der Waals surface area contributed by atoms with Crippen LogP contribution in [-0.4, -0.2) is 54.6 Å². The SMILES string of the molecule is CC(=O)N1CCCC1N1CCNCC1. The van der Waals surface area contributed by atoms with E-state index in [0.717, 1.165) is 45.6 Å². The molecule has 4 nitrogen and oxygen atoms in total. The lowest BCUT2D eigenvalue weighted by molar-refractivity contribution is -0.133. The summed E-state index contributed by atoms with van der Waals surface area (Å²) in [4.78, 5) is 15.8. The first-order chi connectivity index (χ1) is 6.79. The Bertz CT molecular complexity index is 213. The van der Waals surface area contributed by atoms with Crippen LogP contribution in [0.3, 0.4) is 0 Å². The molecule has 0 aliphatic carbocycles. The predicted octanol–water partition coefficient (Wildman–Crippen LogP) is -0.140. The number of piperazine rings is 1. The van der Waals surface area contributed by atoms with Crippen LogP contribution in [0.4, 0.5) is 0 Å². The first-order valence-corrected chi connectivity index (χ1v) is 5.51. The van der Waals surface area contributed by atoms with Gasteiger partial charge in [-0.25, -0.2) is 0 Å². The molecule has 0 aromatic carbocycles. The van der Waals surface area contributed by atoms with Crippen LogP contribution in [0.2, 0.25) is 0 Å². The number of carbonyl (C=O) groups excluding carboxylic acids is 1. The average Bonchev–Trinajstić information content (AvgIpc) is 2.67. The molecular formula is C10H19N3O. The number of hydrogen-bond acceptors (Lipinski definition) is 3. The van der Waals surface area contributed by atoms with E-state index in [0.29, 0.717) is 6.17 Å². The molecule has 2 aliphatic rings. The van der Waals surface area contributed by atoms with Crippen LogP contribution in [0.15, 0.2) is 0 Å². The smallest absolute Gasteiger partial charge is 0.220 e. The van der Waals surface area contributed by atoms with Gasteiger partial charge in [0.1, 0.15) is 0 Å². The van der Waals surface area contributed by atoms with Crippen LogP contribution in [0.5, 0.6) is 0 Å². The average molecular weight is 197 g/mol. The molecule has 4 heteroatoms. The molecule has 80 valence electrons. The van der Waals surface area contributed by atoms with Crippen molar-refractivity contribution in [1.82, 2.24) is 15.1 Å². The van der Waals surface area contributed by atoms with Gasteiger partial charge in [0.2, 0.25) is 5.91 Å². The summed E-state index contributed by atoms with van der Waals surface area (Å²) in [6.45, 7) is 6.90. The standard InChI is InChI=1S/C10H19N3O/c1-9(14)13-6-2-3-10(13)12-7-4-11-5-8-12/h10-11H,2-8H2,1H3. The molecule has 1 N–H and O–H groups in total. The lowest BCUT2D eigenvalue weighted by Gasteiger charge is -2.37. The van der Waals surface area contributed by atoms with Gasteiger partial charge in [0.05, 0.1) is 6.17 Å². The van der Waals surface area contributed by atoms with Crippen molar-refractivity contribution in [2.24, 2.45) is 0 Å². The van der Waals surface area contributed by atoms with Gasteiger partial charge < -0.3 is 10.2 Å². The van der Waals surface area contributed by atoms with Crippen molar-refractivity contribution in [2.45, 2.75) is 25.9 Å². The molecule has 0 bridgehead atoms. The molecule has 0 aromatic rings. The fourth-order valence-corrected chi connectivity index (χ4v) is 2.48. The molecule has 2 fully saturated rings. The third-order valence-electron chi connectivity index (χ3n) is 3.20. The lowest BCUT2D eigenvalue weighted by atomic mass is 10.2. The normalized spacial score (nSPS) is 29.5. The van der Waals surface area contributed by atoms with E-state index < -0.39 is 0 Å². The van der Waals surface area contributed by atoms with Gasteiger partial charge in [-0.05, 0) is 12.8 Å². The summed E-state index contributed by atoms with van der Waals surface area (Å²) in [6, 6.07) is 0. The van der Waals surface area contributed by atoms with Crippen LogP contribution < -0.4 is 5.32 Å². The molecule has 1 atom stereocenters. The third kappa shape index (κ3) is 1.91. The zero-order valence-electron chi connectivity index (χ0n) is 8.83. The van der Waals surface area contributed by atoms with Crippen molar-refractivity contribution < 1.29 is 4.79 Å². The maximum Gasteiger partial charge on any atom is 0.220 e. The number of hydrogen-bond donors (Lipinski definition) is 1. The van der Waals surface area contributed by atoms with E-state index in [1.165, 1.54) is 0 Å². The Hall–Kier alpha value is -0.610. The molecule has 2 heterocycles. The van der Waals surface area contributed by atoms with Crippen molar-refractivity contribution in [2.75, 3.05) is 32.7 Å². The van der Waals surface area contributed by atoms with Crippen LogP contribution in [-0.2, 0) is 4.79 Å². The number of nitrogens with zero attached hydrogens (tertiary/aromatic N) is 2. The summed E-state index contributed by atoms with van der Waals surface area (Å²) >= 11 is 0. The molecule has 1 amide bonds. The highest BCUT2D eigenvalue weighted by molar-refractivity contribution is 5.73. The van der Waals surface area contributed by atoms with E-state index in [4.69, 9.17) is 0 Å². The number of likely N-dealkylation sites (tertiary alicyclic amines) is 1. The molecule has 1 unspecified atom stereocenters. The van der Waals surface area contributed by atoms with Crippen LogP contribution in [0.25, 0.3) is 0 Å². The molecule has 0 aromatic heterocycles. The Morgan fingerprint density at radius 2 is 2.00 bits per heavy atom. The topological polar surface area (TPSA) is 35.6 Å². The molecule has 0 saturated carbocycles. The lowest BCUT2D eigenvalue weighted by Crippen LogP contribution is -2.53. The van der Waals surface area contributed by atoms with Gasteiger partial charge >= 0.3 is 0 Å². The van der Waals surface area contributed by atoms with Gasteiger partial charge in [-0.1, -0.05) is 0 Å². The molecule has 2 aliphatic heterocycles. The highest BCUT2D eigenvalue weighted by Gasteiger charge is 2.31. The van der Waals surface area contributed by atoms with Crippen molar-refractivity contribution in [1.29, 1.82) is 0 Å². The molecular weight excluding hydrogens is 178 g/mol. The Labute approximate surface area is 85.2 Å². The summed E-state index contributed by atoms with van der Waals surface area (Å²) in [6.07, 6.45) is 2.70. The van der Waals surface area contributed by atoms with Crippen LogP contribution >= 0.6 is 0 Å². The third-order valence-corrected chi connectivity index (χ3v) is 3.20. The van der Waals surface area contributed by atoms with Gasteiger partial charge in [0.25, 0.3) is 0 Å². The molecule has 0 radical (unpaired) electrons. The van der Waals surface area contributed by atoms with Crippen molar-refractivity contribution in [3.05, 3.63) is 0 Å². The fraction of sp³-hybridized carbons (Fsp3) is 0.900. The number of carbonyl (C=O) groups is 1. The Morgan fingerprint density at radius 3 is 2.64 bits per heavy atom. The minimum atomic E-state index is 0.228. The number of nitrogens with one attached hydrogen (secondary N) is 1. The molecule has 14 heavy (non-hydrogen) atoms. The minimum absolute atomic E-state index is 0.228. The minimum Gasteiger partial charge on any atom is -0.327 e. The maximum absolute atomic E-state index is 11.4. The van der Waals surface area contributed by atoms with Crippen molar-refractivity contribution in [3.63, 3.8) is 0 Å². The largest absolute Gasteiger partial charge is 0.327 e.